The van der Waals surface area contributed by atoms with Crippen LogP contribution in [0.1, 0.15) is 48.9 Å². The lowest BCUT2D eigenvalue weighted by Gasteiger charge is -2.12. The molecule has 2 aromatic heterocycles. The van der Waals surface area contributed by atoms with Crippen LogP contribution in [0.3, 0.4) is 0 Å². The summed E-state index contributed by atoms with van der Waals surface area (Å²) in [5, 5.41) is 5.23. The van der Waals surface area contributed by atoms with E-state index in [1.807, 2.05) is 0 Å². The Balaban J connectivity index is 1.77. The van der Waals surface area contributed by atoms with Crippen LogP contribution in [-0.2, 0) is 11.2 Å². The Morgan fingerprint density at radius 1 is 1.30 bits per heavy atom. The van der Waals surface area contributed by atoms with Gasteiger partial charge in [0.2, 0.25) is 5.91 Å². The van der Waals surface area contributed by atoms with Crippen molar-refractivity contribution in [2.75, 3.05) is 5.75 Å². The molecule has 4 nitrogen and oxygen atoms in total. The third-order valence-electron chi connectivity index (χ3n) is 4.42. The molecular formula is C17H23N3OS2. The van der Waals surface area contributed by atoms with E-state index in [-0.39, 0.29) is 5.91 Å². The molecule has 1 aliphatic carbocycles. The van der Waals surface area contributed by atoms with Crippen molar-refractivity contribution in [2.24, 2.45) is 0 Å². The third-order valence-corrected chi connectivity index (χ3v) is 6.49. The number of thioether (sulfide) groups is 1. The maximum Gasteiger partial charge on any atom is 0.230 e. The molecule has 0 aromatic carbocycles. The molecule has 3 rings (SSSR count). The van der Waals surface area contributed by atoms with Gasteiger partial charge in [-0.3, -0.25) is 4.79 Å². The number of fused-ring (bicyclic) bond motifs is 1. The average molecular weight is 350 g/mol. The van der Waals surface area contributed by atoms with Crippen molar-refractivity contribution in [1.82, 2.24) is 15.3 Å². The molecule has 124 valence electrons. The zero-order chi connectivity index (χ0) is 16.4. The highest BCUT2D eigenvalue weighted by molar-refractivity contribution is 8.00. The molecule has 0 saturated heterocycles. The molecule has 0 unspecified atom stereocenters. The fraction of sp³-hybridized carbons (Fsp3) is 0.588. The Labute approximate surface area is 145 Å². The highest BCUT2D eigenvalue weighted by atomic mass is 32.2. The van der Waals surface area contributed by atoms with Crippen molar-refractivity contribution in [3.63, 3.8) is 0 Å². The number of hydrogen-bond acceptors (Lipinski definition) is 5. The predicted molar refractivity (Wildman–Crippen MR) is 97.4 cm³/mol. The monoisotopic (exact) mass is 349 g/mol. The van der Waals surface area contributed by atoms with Crippen molar-refractivity contribution < 1.29 is 4.79 Å². The largest absolute Gasteiger partial charge is 0.353 e. The van der Waals surface area contributed by atoms with Crippen LogP contribution in [0.15, 0.2) is 5.03 Å². The van der Waals surface area contributed by atoms with Crippen molar-refractivity contribution in [3.05, 3.63) is 16.3 Å². The van der Waals surface area contributed by atoms with Crippen LogP contribution in [0, 0.1) is 13.8 Å². The Bertz CT molecular complexity index is 720. The summed E-state index contributed by atoms with van der Waals surface area (Å²) in [4.78, 5) is 23.8. The van der Waals surface area contributed by atoms with E-state index in [9.17, 15) is 4.79 Å². The molecular weight excluding hydrogens is 326 g/mol. The molecule has 1 saturated carbocycles. The van der Waals surface area contributed by atoms with E-state index in [0.29, 0.717) is 11.8 Å². The van der Waals surface area contributed by atoms with Gasteiger partial charge in [-0.15, -0.1) is 11.3 Å². The quantitative estimate of drug-likeness (QED) is 0.654. The molecule has 23 heavy (non-hydrogen) atoms. The van der Waals surface area contributed by atoms with Gasteiger partial charge in [-0.1, -0.05) is 31.5 Å². The molecule has 0 atom stereocenters. The molecule has 2 aromatic rings. The Morgan fingerprint density at radius 3 is 2.74 bits per heavy atom. The summed E-state index contributed by atoms with van der Waals surface area (Å²) < 4.78 is 0. The zero-order valence-electron chi connectivity index (χ0n) is 13.9. The minimum Gasteiger partial charge on any atom is -0.353 e. The van der Waals surface area contributed by atoms with Gasteiger partial charge in [0.05, 0.1) is 5.75 Å². The average Bonchev–Trinajstić information content (AvgIpc) is 3.13. The summed E-state index contributed by atoms with van der Waals surface area (Å²) in [6, 6.07) is 0.379. The van der Waals surface area contributed by atoms with Crippen LogP contribution in [0.4, 0.5) is 0 Å². The minimum atomic E-state index is 0.122. The lowest BCUT2D eigenvalue weighted by atomic mass is 10.2. The fourth-order valence-electron chi connectivity index (χ4n) is 2.99. The minimum absolute atomic E-state index is 0.122. The Kier molecular flexibility index (Phi) is 5.21. The first-order chi connectivity index (χ1) is 11.1. The maximum atomic E-state index is 12.2. The Hall–Kier alpha value is -1.14. The van der Waals surface area contributed by atoms with Gasteiger partial charge in [0.25, 0.3) is 0 Å². The van der Waals surface area contributed by atoms with Crippen LogP contribution in [-0.4, -0.2) is 27.7 Å². The number of hydrogen-bond donors (Lipinski definition) is 1. The van der Waals surface area contributed by atoms with E-state index < -0.39 is 0 Å². The molecule has 0 bridgehead atoms. The van der Waals surface area contributed by atoms with Crippen LogP contribution in [0.5, 0.6) is 0 Å². The standard InChI is InChI=1S/C17H23N3OS2/c1-4-13-19-16(15-10(2)11(3)23-17(15)20-13)22-9-14(21)18-12-7-5-6-8-12/h12H,4-9H2,1-3H3,(H,18,21). The van der Waals surface area contributed by atoms with Crippen molar-refractivity contribution in [2.45, 2.75) is 63.9 Å². The van der Waals surface area contributed by atoms with Gasteiger partial charge in [0, 0.05) is 22.7 Å². The highest BCUT2D eigenvalue weighted by Crippen LogP contribution is 2.35. The summed E-state index contributed by atoms with van der Waals surface area (Å²) in [6.45, 7) is 6.30. The van der Waals surface area contributed by atoms with Gasteiger partial charge < -0.3 is 5.32 Å². The van der Waals surface area contributed by atoms with Gasteiger partial charge in [0.1, 0.15) is 15.7 Å². The van der Waals surface area contributed by atoms with Gasteiger partial charge in [-0.2, -0.15) is 0 Å². The molecule has 6 heteroatoms. The van der Waals surface area contributed by atoms with Gasteiger partial charge in [0.15, 0.2) is 0 Å². The van der Waals surface area contributed by atoms with Crippen LogP contribution in [0.25, 0.3) is 10.2 Å². The summed E-state index contributed by atoms with van der Waals surface area (Å²) >= 11 is 3.26. The van der Waals surface area contributed by atoms with E-state index in [1.165, 1.54) is 23.3 Å². The zero-order valence-corrected chi connectivity index (χ0v) is 15.6. The van der Waals surface area contributed by atoms with Gasteiger partial charge in [-0.25, -0.2) is 9.97 Å². The number of aromatic nitrogens is 2. The normalized spacial score (nSPS) is 15.4. The first-order valence-electron chi connectivity index (χ1n) is 8.27. The second-order valence-corrected chi connectivity index (χ2v) is 8.27. The molecule has 1 N–H and O–H groups in total. The second-order valence-electron chi connectivity index (χ2n) is 6.10. The van der Waals surface area contributed by atoms with E-state index in [1.54, 1.807) is 23.1 Å². The van der Waals surface area contributed by atoms with E-state index in [0.717, 1.165) is 40.3 Å². The fourth-order valence-corrected chi connectivity index (χ4v) is 5.02. The van der Waals surface area contributed by atoms with Crippen LogP contribution in [0.2, 0.25) is 0 Å². The number of thiophene rings is 1. The molecule has 0 spiro atoms. The van der Waals surface area contributed by atoms with Crippen molar-refractivity contribution >= 4 is 39.2 Å². The topological polar surface area (TPSA) is 54.9 Å². The van der Waals surface area contributed by atoms with E-state index >= 15 is 0 Å². The van der Waals surface area contributed by atoms with Crippen molar-refractivity contribution in [1.29, 1.82) is 0 Å². The molecule has 1 aliphatic rings. The predicted octanol–water partition coefficient (Wildman–Crippen LogP) is 4.02. The van der Waals surface area contributed by atoms with Gasteiger partial charge in [-0.05, 0) is 32.3 Å². The number of nitrogens with zero attached hydrogens (tertiary/aromatic N) is 2. The van der Waals surface area contributed by atoms with Crippen LogP contribution >= 0.6 is 23.1 Å². The molecule has 2 heterocycles. The molecule has 0 radical (unpaired) electrons. The summed E-state index contributed by atoms with van der Waals surface area (Å²) in [5.74, 6) is 1.41. The second kappa shape index (κ2) is 7.18. The van der Waals surface area contributed by atoms with E-state index in [2.05, 4.69) is 36.1 Å². The van der Waals surface area contributed by atoms with Crippen LogP contribution < -0.4 is 5.32 Å². The molecule has 1 fully saturated rings. The number of carbonyl (C=O) groups is 1. The maximum absolute atomic E-state index is 12.2. The molecule has 0 aliphatic heterocycles. The summed E-state index contributed by atoms with van der Waals surface area (Å²) in [6.07, 6.45) is 5.53. The number of aryl methyl sites for hydroxylation is 3. The van der Waals surface area contributed by atoms with E-state index in [4.69, 9.17) is 0 Å². The Morgan fingerprint density at radius 2 is 2.04 bits per heavy atom. The summed E-state index contributed by atoms with van der Waals surface area (Å²) in [7, 11) is 0. The number of carbonyl (C=O) groups excluding carboxylic acids is 1. The number of rotatable bonds is 5. The third kappa shape index (κ3) is 3.69. The summed E-state index contributed by atoms with van der Waals surface area (Å²) in [5.41, 5.74) is 1.24. The lowest BCUT2D eigenvalue weighted by molar-refractivity contribution is -0.119. The van der Waals surface area contributed by atoms with Gasteiger partial charge >= 0.3 is 0 Å². The smallest absolute Gasteiger partial charge is 0.230 e. The number of nitrogens with one attached hydrogen (secondary N) is 1. The highest BCUT2D eigenvalue weighted by Gasteiger charge is 2.19. The number of amides is 1. The first kappa shape index (κ1) is 16.7. The SMILES string of the molecule is CCc1nc(SCC(=O)NC2CCCC2)c2c(C)c(C)sc2n1. The van der Waals surface area contributed by atoms with Crippen molar-refractivity contribution in [3.8, 4) is 0 Å². The molecule has 1 amide bonds. The lowest BCUT2D eigenvalue weighted by Crippen LogP contribution is -2.33. The first-order valence-corrected chi connectivity index (χ1v) is 10.1.